The van der Waals surface area contributed by atoms with E-state index >= 15 is 0 Å². The van der Waals surface area contributed by atoms with Crippen LogP contribution in [0.3, 0.4) is 0 Å². The molecule has 0 amide bonds. The molecule has 1 aromatic heterocycles. The van der Waals surface area contributed by atoms with Crippen molar-refractivity contribution in [1.29, 1.82) is 0 Å². The number of carboxylic acid groups (broad SMARTS) is 1. The van der Waals surface area contributed by atoms with Crippen molar-refractivity contribution in [2.75, 3.05) is 5.75 Å². The van der Waals surface area contributed by atoms with E-state index in [0.29, 0.717) is 23.0 Å². The molecule has 18 heavy (non-hydrogen) atoms. The molecule has 2 rings (SSSR count). The molecule has 3 atom stereocenters. The van der Waals surface area contributed by atoms with E-state index in [1.165, 1.54) is 24.6 Å². The fourth-order valence-corrected chi connectivity index (χ4v) is 3.16. The van der Waals surface area contributed by atoms with Crippen molar-refractivity contribution in [1.82, 2.24) is 20.2 Å². The molecular weight excluding hydrogens is 252 g/mol. The van der Waals surface area contributed by atoms with E-state index < -0.39 is 5.97 Å². The van der Waals surface area contributed by atoms with Crippen LogP contribution in [-0.2, 0) is 4.79 Å². The maximum Gasteiger partial charge on any atom is 0.313 e. The van der Waals surface area contributed by atoms with Crippen LogP contribution >= 0.6 is 11.8 Å². The maximum atomic E-state index is 10.6. The third-order valence-corrected chi connectivity index (χ3v) is 4.68. The van der Waals surface area contributed by atoms with Crippen molar-refractivity contribution in [3.8, 4) is 0 Å². The SMILES string of the molecule is CC1CCCC(n2nnnc2SCC(=O)O)C1C. The van der Waals surface area contributed by atoms with Crippen LogP contribution in [0.4, 0.5) is 0 Å². The summed E-state index contributed by atoms with van der Waals surface area (Å²) in [6, 6.07) is 0.292. The van der Waals surface area contributed by atoms with Gasteiger partial charge in [0.15, 0.2) is 0 Å². The Hall–Kier alpha value is -1.11. The Morgan fingerprint density at radius 1 is 1.50 bits per heavy atom. The quantitative estimate of drug-likeness (QED) is 0.841. The Morgan fingerprint density at radius 3 is 3.00 bits per heavy atom. The fraction of sp³-hybridized carbons (Fsp3) is 0.818. The molecular formula is C11H18N4O2S. The lowest BCUT2D eigenvalue weighted by Crippen LogP contribution is -2.28. The number of aromatic nitrogens is 4. The molecule has 0 aliphatic heterocycles. The molecule has 3 unspecified atom stereocenters. The Bertz CT molecular complexity index is 423. The summed E-state index contributed by atoms with van der Waals surface area (Å²) in [4.78, 5) is 10.6. The summed E-state index contributed by atoms with van der Waals surface area (Å²) >= 11 is 1.19. The topological polar surface area (TPSA) is 80.9 Å². The maximum absolute atomic E-state index is 10.6. The highest BCUT2D eigenvalue weighted by Gasteiger charge is 2.31. The third kappa shape index (κ3) is 2.82. The largest absolute Gasteiger partial charge is 0.481 e. The summed E-state index contributed by atoms with van der Waals surface area (Å²) in [5.41, 5.74) is 0. The second-order valence-electron chi connectivity index (χ2n) is 4.92. The molecule has 1 N–H and O–H groups in total. The predicted octanol–water partition coefficient (Wildman–Crippen LogP) is 1.85. The molecule has 100 valence electrons. The zero-order chi connectivity index (χ0) is 13.1. The van der Waals surface area contributed by atoms with Gasteiger partial charge in [-0.15, -0.1) is 5.10 Å². The predicted molar refractivity (Wildman–Crippen MR) is 67.4 cm³/mol. The average molecular weight is 270 g/mol. The van der Waals surface area contributed by atoms with Crippen LogP contribution in [0.15, 0.2) is 5.16 Å². The van der Waals surface area contributed by atoms with Crippen LogP contribution in [-0.4, -0.2) is 37.0 Å². The van der Waals surface area contributed by atoms with Gasteiger partial charge in [0.05, 0.1) is 11.8 Å². The van der Waals surface area contributed by atoms with E-state index in [9.17, 15) is 4.79 Å². The molecule has 0 spiro atoms. The zero-order valence-corrected chi connectivity index (χ0v) is 11.4. The molecule has 0 aromatic carbocycles. The number of nitrogens with zero attached hydrogens (tertiary/aromatic N) is 4. The van der Waals surface area contributed by atoms with E-state index in [2.05, 4.69) is 29.4 Å². The van der Waals surface area contributed by atoms with Crippen LogP contribution < -0.4 is 0 Å². The smallest absolute Gasteiger partial charge is 0.313 e. The number of tetrazole rings is 1. The van der Waals surface area contributed by atoms with E-state index in [0.717, 1.165) is 6.42 Å². The number of thioether (sulfide) groups is 1. The Kier molecular flexibility index (Phi) is 4.21. The van der Waals surface area contributed by atoms with Gasteiger partial charge >= 0.3 is 5.97 Å². The van der Waals surface area contributed by atoms with Gasteiger partial charge < -0.3 is 5.11 Å². The first-order chi connectivity index (χ1) is 8.59. The molecule has 0 bridgehead atoms. The highest BCUT2D eigenvalue weighted by atomic mass is 32.2. The molecule has 1 heterocycles. The normalized spacial score (nSPS) is 28.2. The highest BCUT2D eigenvalue weighted by molar-refractivity contribution is 7.99. The molecule has 1 saturated carbocycles. The van der Waals surface area contributed by atoms with Crippen molar-refractivity contribution < 1.29 is 9.90 Å². The van der Waals surface area contributed by atoms with Crippen molar-refractivity contribution >= 4 is 17.7 Å². The van der Waals surface area contributed by atoms with Gasteiger partial charge in [-0.2, -0.15) is 0 Å². The Balaban J connectivity index is 2.12. The van der Waals surface area contributed by atoms with Crippen LogP contribution in [0.5, 0.6) is 0 Å². The standard InChI is InChI=1S/C11H18N4O2S/c1-7-4-3-5-9(8(7)2)15-11(12-13-14-15)18-6-10(16)17/h7-9H,3-6H2,1-2H3,(H,16,17). The van der Waals surface area contributed by atoms with Gasteiger partial charge in [0.2, 0.25) is 5.16 Å². The molecule has 0 saturated heterocycles. The van der Waals surface area contributed by atoms with Gasteiger partial charge in [-0.1, -0.05) is 38.5 Å². The number of carboxylic acids is 1. The molecule has 1 aromatic rings. The Morgan fingerprint density at radius 2 is 2.28 bits per heavy atom. The molecule has 0 radical (unpaired) electrons. The number of hydrogen-bond donors (Lipinski definition) is 1. The van der Waals surface area contributed by atoms with E-state index in [1.807, 2.05) is 4.68 Å². The first kappa shape index (κ1) is 13.3. The molecule has 7 heteroatoms. The molecule has 6 nitrogen and oxygen atoms in total. The monoisotopic (exact) mass is 270 g/mol. The van der Waals surface area contributed by atoms with Crippen molar-refractivity contribution in [3.63, 3.8) is 0 Å². The average Bonchev–Trinajstić information content (AvgIpc) is 2.78. The summed E-state index contributed by atoms with van der Waals surface area (Å²) in [6.07, 6.45) is 3.49. The first-order valence-electron chi connectivity index (χ1n) is 6.22. The van der Waals surface area contributed by atoms with Crippen molar-refractivity contribution in [3.05, 3.63) is 0 Å². The molecule has 1 aliphatic rings. The minimum atomic E-state index is -0.848. The zero-order valence-electron chi connectivity index (χ0n) is 10.6. The summed E-state index contributed by atoms with van der Waals surface area (Å²) in [5, 5.41) is 21.0. The van der Waals surface area contributed by atoms with Gasteiger partial charge in [0.1, 0.15) is 0 Å². The van der Waals surface area contributed by atoms with Crippen LogP contribution in [0.25, 0.3) is 0 Å². The van der Waals surface area contributed by atoms with Crippen LogP contribution in [0.1, 0.15) is 39.2 Å². The van der Waals surface area contributed by atoms with Gasteiger partial charge in [-0.3, -0.25) is 4.79 Å². The number of carbonyl (C=O) groups is 1. The molecule has 1 fully saturated rings. The molecule has 1 aliphatic carbocycles. The van der Waals surface area contributed by atoms with Gasteiger partial charge in [0, 0.05) is 0 Å². The van der Waals surface area contributed by atoms with Gasteiger partial charge in [-0.05, 0) is 28.7 Å². The summed E-state index contributed by atoms with van der Waals surface area (Å²) < 4.78 is 1.81. The lowest BCUT2D eigenvalue weighted by Gasteiger charge is -2.33. The Labute approximate surface area is 110 Å². The summed E-state index contributed by atoms with van der Waals surface area (Å²) in [5.74, 6) is 0.327. The minimum Gasteiger partial charge on any atom is -0.481 e. The third-order valence-electron chi connectivity index (χ3n) is 3.77. The van der Waals surface area contributed by atoms with Crippen LogP contribution in [0.2, 0.25) is 0 Å². The summed E-state index contributed by atoms with van der Waals surface area (Å²) in [7, 11) is 0. The number of rotatable bonds is 4. The van der Waals surface area contributed by atoms with E-state index in [4.69, 9.17) is 5.11 Å². The summed E-state index contributed by atoms with van der Waals surface area (Å²) in [6.45, 7) is 4.48. The first-order valence-corrected chi connectivity index (χ1v) is 7.20. The van der Waals surface area contributed by atoms with Crippen molar-refractivity contribution in [2.24, 2.45) is 11.8 Å². The van der Waals surface area contributed by atoms with Crippen LogP contribution in [0, 0.1) is 11.8 Å². The van der Waals surface area contributed by atoms with Gasteiger partial charge in [-0.25, -0.2) is 4.68 Å². The second-order valence-corrected chi connectivity index (χ2v) is 5.87. The van der Waals surface area contributed by atoms with Crippen molar-refractivity contribution in [2.45, 2.75) is 44.3 Å². The minimum absolute atomic E-state index is 0.00295. The van der Waals surface area contributed by atoms with Gasteiger partial charge in [0.25, 0.3) is 0 Å². The van der Waals surface area contributed by atoms with E-state index in [1.54, 1.807) is 0 Å². The fourth-order valence-electron chi connectivity index (χ4n) is 2.51. The lowest BCUT2D eigenvalue weighted by atomic mass is 9.78. The second kappa shape index (κ2) is 5.69. The highest BCUT2D eigenvalue weighted by Crippen LogP contribution is 2.38. The lowest BCUT2D eigenvalue weighted by molar-refractivity contribution is -0.133. The number of aliphatic carboxylic acids is 1. The van der Waals surface area contributed by atoms with E-state index in [-0.39, 0.29) is 5.75 Å². The number of hydrogen-bond acceptors (Lipinski definition) is 5.